The molecule has 0 spiro atoms. The SMILES string of the molecule is COCC(c1cnn2cc(C(COC(C)(C)C(F)(F)F)NC(=O)c3nonc3C)nc2c1)N1C[C@@](C)(C(F)(F)F)NC1=O. The number of alkyl halides is 6. The Balaban J connectivity index is 1.66. The molecule has 1 fully saturated rings. The predicted octanol–water partition coefficient (Wildman–Crippen LogP) is 3.28. The molecule has 0 radical (unpaired) electrons. The molecule has 3 atom stereocenters. The van der Waals surface area contributed by atoms with Crippen LogP contribution in [0.25, 0.3) is 5.65 Å². The molecule has 0 aromatic carbocycles. The van der Waals surface area contributed by atoms with Crippen molar-refractivity contribution in [2.45, 2.75) is 63.3 Å². The summed E-state index contributed by atoms with van der Waals surface area (Å²) in [6.07, 6.45) is -6.83. The predicted molar refractivity (Wildman–Crippen MR) is 133 cm³/mol. The quantitative estimate of drug-likeness (QED) is 0.325. The first-order valence-corrected chi connectivity index (χ1v) is 12.7. The zero-order chi connectivity index (χ0) is 32.0. The Hall–Kier alpha value is -4.00. The minimum atomic E-state index is -4.73. The number of aromatic nitrogens is 5. The molecule has 3 aromatic heterocycles. The van der Waals surface area contributed by atoms with E-state index in [4.69, 9.17) is 9.47 Å². The van der Waals surface area contributed by atoms with Crippen LogP contribution in [0.15, 0.2) is 23.1 Å². The van der Waals surface area contributed by atoms with E-state index in [-0.39, 0.29) is 34.9 Å². The molecule has 1 saturated heterocycles. The fraction of sp³-hybridized carbons (Fsp3) is 0.583. The largest absolute Gasteiger partial charge is 0.416 e. The number of ether oxygens (including phenoxy) is 2. The number of carbonyl (C=O) groups is 2. The number of methoxy groups -OCH3 is 1. The summed E-state index contributed by atoms with van der Waals surface area (Å²) < 4.78 is 97.3. The smallest absolute Gasteiger partial charge is 0.382 e. The van der Waals surface area contributed by atoms with Gasteiger partial charge in [-0.2, -0.15) is 31.4 Å². The summed E-state index contributed by atoms with van der Waals surface area (Å²) in [6, 6.07) is -1.78. The lowest BCUT2D eigenvalue weighted by Crippen LogP contribution is -2.53. The number of urea groups is 1. The molecule has 4 rings (SSSR count). The highest BCUT2D eigenvalue weighted by Crippen LogP contribution is 2.38. The maximum absolute atomic E-state index is 13.6. The van der Waals surface area contributed by atoms with Crippen LogP contribution in [0.2, 0.25) is 0 Å². The van der Waals surface area contributed by atoms with E-state index in [1.54, 1.807) is 0 Å². The summed E-state index contributed by atoms with van der Waals surface area (Å²) in [5.41, 5.74) is -4.74. The number of aryl methyl sites for hydroxylation is 1. The number of nitrogens with one attached hydrogen (secondary N) is 2. The number of carbonyl (C=O) groups excluding carboxylic acids is 2. The monoisotopic (exact) mass is 622 g/mol. The first-order chi connectivity index (χ1) is 19.9. The molecule has 0 saturated carbocycles. The summed E-state index contributed by atoms with van der Waals surface area (Å²) in [5.74, 6) is -0.823. The summed E-state index contributed by atoms with van der Waals surface area (Å²) in [6.45, 7) is 2.39. The van der Waals surface area contributed by atoms with Gasteiger partial charge in [0, 0.05) is 12.7 Å². The van der Waals surface area contributed by atoms with E-state index in [0.29, 0.717) is 0 Å². The van der Waals surface area contributed by atoms with Crippen molar-refractivity contribution in [3.63, 3.8) is 0 Å². The lowest BCUT2D eigenvalue weighted by Gasteiger charge is -2.30. The maximum Gasteiger partial charge on any atom is 0.416 e. The number of imidazole rings is 1. The number of hydrogen-bond donors (Lipinski definition) is 2. The van der Waals surface area contributed by atoms with Crippen LogP contribution < -0.4 is 10.6 Å². The number of halogens is 6. The second kappa shape index (κ2) is 11.3. The van der Waals surface area contributed by atoms with Gasteiger partial charge in [0.15, 0.2) is 22.5 Å². The van der Waals surface area contributed by atoms with Gasteiger partial charge in [-0.3, -0.25) is 4.79 Å². The third-order valence-corrected chi connectivity index (χ3v) is 7.02. The Labute approximate surface area is 239 Å². The van der Waals surface area contributed by atoms with Crippen LogP contribution in [0, 0.1) is 6.92 Å². The Morgan fingerprint density at radius 1 is 1.21 bits per heavy atom. The molecule has 43 heavy (non-hydrogen) atoms. The highest BCUT2D eigenvalue weighted by molar-refractivity contribution is 5.93. The van der Waals surface area contributed by atoms with E-state index in [1.807, 2.05) is 5.32 Å². The van der Waals surface area contributed by atoms with Crippen LogP contribution in [0.1, 0.15) is 60.3 Å². The average Bonchev–Trinajstić information content (AvgIpc) is 3.60. The first-order valence-electron chi connectivity index (χ1n) is 12.7. The minimum absolute atomic E-state index is 0.0388. The fourth-order valence-corrected chi connectivity index (χ4v) is 4.19. The molecular formula is C24H28F6N8O5. The third kappa shape index (κ3) is 6.36. The van der Waals surface area contributed by atoms with Crippen molar-refractivity contribution >= 4 is 17.6 Å². The summed E-state index contributed by atoms with van der Waals surface area (Å²) in [5, 5.41) is 15.7. The van der Waals surface area contributed by atoms with Gasteiger partial charge in [-0.25, -0.2) is 18.9 Å². The van der Waals surface area contributed by atoms with E-state index in [2.05, 4.69) is 30.3 Å². The Kier molecular flexibility index (Phi) is 8.35. The van der Waals surface area contributed by atoms with Gasteiger partial charge in [-0.1, -0.05) is 5.16 Å². The molecule has 19 heteroatoms. The molecule has 0 aliphatic carbocycles. The molecule has 2 unspecified atom stereocenters. The highest BCUT2D eigenvalue weighted by atomic mass is 19.4. The number of nitrogens with zero attached hydrogens (tertiary/aromatic N) is 6. The van der Waals surface area contributed by atoms with Gasteiger partial charge in [0.25, 0.3) is 5.91 Å². The van der Waals surface area contributed by atoms with Crippen LogP contribution in [0.4, 0.5) is 31.1 Å². The molecule has 3 amide bonds. The third-order valence-electron chi connectivity index (χ3n) is 7.02. The van der Waals surface area contributed by atoms with Crippen molar-refractivity contribution in [3.05, 3.63) is 41.1 Å². The topological polar surface area (TPSA) is 149 Å². The molecule has 3 aromatic rings. The number of hydrogen-bond acceptors (Lipinski definition) is 9. The molecule has 4 heterocycles. The second-order valence-electron chi connectivity index (χ2n) is 10.7. The van der Waals surface area contributed by atoms with Crippen molar-refractivity contribution in [2.24, 2.45) is 0 Å². The molecule has 13 nitrogen and oxygen atoms in total. The van der Waals surface area contributed by atoms with Gasteiger partial charge in [0.1, 0.15) is 5.69 Å². The molecular weight excluding hydrogens is 594 g/mol. The average molecular weight is 623 g/mol. The van der Waals surface area contributed by atoms with E-state index in [0.717, 1.165) is 25.7 Å². The molecule has 0 bridgehead atoms. The van der Waals surface area contributed by atoms with Gasteiger partial charge in [0.2, 0.25) is 0 Å². The molecule has 1 aliphatic rings. The van der Waals surface area contributed by atoms with E-state index in [1.165, 1.54) is 37.0 Å². The van der Waals surface area contributed by atoms with Crippen LogP contribution in [-0.2, 0) is 9.47 Å². The van der Waals surface area contributed by atoms with Gasteiger partial charge >= 0.3 is 18.4 Å². The number of fused-ring (bicyclic) bond motifs is 1. The second-order valence-corrected chi connectivity index (χ2v) is 10.7. The maximum atomic E-state index is 13.6. The minimum Gasteiger partial charge on any atom is -0.382 e. The van der Waals surface area contributed by atoms with Crippen molar-refractivity contribution in [1.29, 1.82) is 0 Å². The molecule has 236 valence electrons. The van der Waals surface area contributed by atoms with Crippen molar-refractivity contribution in [2.75, 3.05) is 26.9 Å². The van der Waals surface area contributed by atoms with Crippen LogP contribution >= 0.6 is 0 Å². The van der Waals surface area contributed by atoms with E-state index in [9.17, 15) is 35.9 Å². The summed E-state index contributed by atoms with van der Waals surface area (Å²) in [7, 11) is 1.31. The van der Waals surface area contributed by atoms with Gasteiger partial charge in [-0.15, -0.1) is 0 Å². The van der Waals surface area contributed by atoms with Crippen LogP contribution in [0.3, 0.4) is 0 Å². The lowest BCUT2D eigenvalue weighted by atomic mass is 10.0. The Bertz CT molecular complexity index is 1490. The number of amides is 3. The van der Waals surface area contributed by atoms with E-state index >= 15 is 0 Å². The van der Waals surface area contributed by atoms with Crippen molar-refractivity contribution in [1.82, 2.24) is 40.4 Å². The van der Waals surface area contributed by atoms with Gasteiger partial charge in [0.05, 0.1) is 49.9 Å². The highest BCUT2D eigenvalue weighted by Gasteiger charge is 2.58. The van der Waals surface area contributed by atoms with Crippen LogP contribution in [0.5, 0.6) is 0 Å². The van der Waals surface area contributed by atoms with E-state index < -0.39 is 60.7 Å². The van der Waals surface area contributed by atoms with Crippen LogP contribution in [-0.4, -0.2) is 92.1 Å². The first kappa shape index (κ1) is 31.9. The lowest BCUT2D eigenvalue weighted by molar-refractivity contribution is -0.265. The summed E-state index contributed by atoms with van der Waals surface area (Å²) >= 11 is 0. The standard InChI is InChI=1S/C24H28F6N8O5/c1-12-18(36-43-35-12)19(39)33-15(9-42-21(2,3)23(25,26)27)14-8-38-17(32-14)6-13(7-31-38)16(10-41-5)37-11-22(4,24(28,29)30)34-20(37)40/h6-8,15-16H,9-11H2,1-5H3,(H,33,39)(H,34,40)/t15?,16?,22-/m0/s1. The fourth-order valence-electron chi connectivity index (χ4n) is 4.19. The van der Waals surface area contributed by atoms with Gasteiger partial charge in [-0.05, 0) is 38.9 Å². The normalized spacial score (nSPS) is 19.5. The summed E-state index contributed by atoms with van der Waals surface area (Å²) in [4.78, 5) is 30.8. The van der Waals surface area contributed by atoms with Crippen molar-refractivity contribution in [3.8, 4) is 0 Å². The zero-order valence-electron chi connectivity index (χ0n) is 23.5. The Morgan fingerprint density at radius 3 is 2.47 bits per heavy atom. The molecule has 2 N–H and O–H groups in total. The zero-order valence-corrected chi connectivity index (χ0v) is 23.5. The number of rotatable bonds is 10. The molecule has 1 aliphatic heterocycles. The Morgan fingerprint density at radius 2 is 1.91 bits per heavy atom. The van der Waals surface area contributed by atoms with Gasteiger partial charge < -0.3 is 25.0 Å². The van der Waals surface area contributed by atoms with Crippen molar-refractivity contribution < 1.29 is 50.0 Å².